The molecule has 154 valence electrons. The third-order valence-corrected chi connectivity index (χ3v) is 5.18. The second kappa shape index (κ2) is 8.99. The molecule has 1 fully saturated rings. The standard InChI is InChI=1S/C23H28N2O4/c1-16(2)11-14-29-19-10-9-17(15-20(19)28-3)21(26)24-25-22(27)23(12-13-23)18-7-5-4-6-8-18/h4-10,15-16H,11-14H2,1-3H3,(H,24,26)(H,25,27). The largest absolute Gasteiger partial charge is 0.493 e. The van der Waals surface area contributed by atoms with Gasteiger partial charge in [0, 0.05) is 5.56 Å². The predicted octanol–water partition coefficient (Wildman–Crippen LogP) is 3.61. The number of amides is 2. The number of methoxy groups -OCH3 is 1. The zero-order chi connectivity index (χ0) is 20.9. The maximum absolute atomic E-state index is 12.6. The van der Waals surface area contributed by atoms with Crippen LogP contribution in [0.2, 0.25) is 0 Å². The van der Waals surface area contributed by atoms with Crippen LogP contribution in [0.15, 0.2) is 48.5 Å². The van der Waals surface area contributed by atoms with Crippen molar-refractivity contribution < 1.29 is 19.1 Å². The van der Waals surface area contributed by atoms with Crippen LogP contribution >= 0.6 is 0 Å². The summed E-state index contributed by atoms with van der Waals surface area (Å²) < 4.78 is 11.1. The van der Waals surface area contributed by atoms with Crippen LogP contribution in [0.4, 0.5) is 0 Å². The fraction of sp³-hybridized carbons (Fsp3) is 0.391. The summed E-state index contributed by atoms with van der Waals surface area (Å²) in [4.78, 5) is 25.1. The van der Waals surface area contributed by atoms with Crippen molar-refractivity contribution in [1.29, 1.82) is 0 Å². The molecule has 2 aromatic rings. The molecule has 2 N–H and O–H groups in total. The van der Waals surface area contributed by atoms with Crippen molar-refractivity contribution >= 4 is 11.8 Å². The Morgan fingerprint density at radius 2 is 1.76 bits per heavy atom. The first-order valence-corrected chi connectivity index (χ1v) is 9.93. The van der Waals surface area contributed by atoms with Crippen LogP contribution in [-0.4, -0.2) is 25.5 Å². The Labute approximate surface area is 171 Å². The first kappa shape index (κ1) is 20.7. The molecule has 0 unspecified atom stereocenters. The number of hydrazine groups is 1. The Bertz CT molecular complexity index is 860. The summed E-state index contributed by atoms with van der Waals surface area (Å²) in [5.74, 6) is 1.01. The summed E-state index contributed by atoms with van der Waals surface area (Å²) >= 11 is 0. The zero-order valence-corrected chi connectivity index (χ0v) is 17.2. The molecule has 0 atom stereocenters. The number of ether oxygens (including phenoxy) is 2. The maximum Gasteiger partial charge on any atom is 0.269 e. The number of hydrogen-bond acceptors (Lipinski definition) is 4. The van der Waals surface area contributed by atoms with Crippen molar-refractivity contribution in [2.24, 2.45) is 5.92 Å². The minimum absolute atomic E-state index is 0.197. The van der Waals surface area contributed by atoms with Gasteiger partial charge in [-0.1, -0.05) is 44.2 Å². The van der Waals surface area contributed by atoms with Gasteiger partial charge in [0.05, 0.1) is 19.1 Å². The minimum atomic E-state index is -0.541. The van der Waals surface area contributed by atoms with Gasteiger partial charge in [-0.2, -0.15) is 0 Å². The lowest BCUT2D eigenvalue weighted by atomic mass is 9.95. The van der Waals surface area contributed by atoms with Crippen molar-refractivity contribution in [1.82, 2.24) is 10.9 Å². The van der Waals surface area contributed by atoms with Gasteiger partial charge in [0.2, 0.25) is 5.91 Å². The van der Waals surface area contributed by atoms with E-state index in [1.807, 2.05) is 30.3 Å². The van der Waals surface area contributed by atoms with Gasteiger partial charge in [-0.05, 0) is 48.9 Å². The molecule has 0 heterocycles. The van der Waals surface area contributed by atoms with E-state index >= 15 is 0 Å². The van der Waals surface area contributed by atoms with Crippen LogP contribution < -0.4 is 20.3 Å². The molecule has 3 rings (SSSR count). The summed E-state index contributed by atoms with van der Waals surface area (Å²) in [5, 5.41) is 0. The third-order valence-electron chi connectivity index (χ3n) is 5.18. The number of rotatable bonds is 8. The highest BCUT2D eigenvalue weighted by molar-refractivity contribution is 5.98. The first-order chi connectivity index (χ1) is 14.0. The lowest BCUT2D eigenvalue weighted by Gasteiger charge is -2.17. The molecule has 1 aliphatic carbocycles. The average molecular weight is 396 g/mol. The zero-order valence-electron chi connectivity index (χ0n) is 17.2. The highest BCUT2D eigenvalue weighted by atomic mass is 16.5. The molecule has 2 amide bonds. The summed E-state index contributed by atoms with van der Waals surface area (Å²) in [5.41, 5.74) is 5.88. The number of hydrogen-bond donors (Lipinski definition) is 2. The smallest absolute Gasteiger partial charge is 0.269 e. The molecule has 0 aliphatic heterocycles. The molecule has 2 aromatic carbocycles. The van der Waals surface area contributed by atoms with Crippen LogP contribution in [0, 0.1) is 5.92 Å². The summed E-state index contributed by atoms with van der Waals surface area (Å²) in [7, 11) is 1.53. The van der Waals surface area contributed by atoms with Crippen LogP contribution in [0.5, 0.6) is 11.5 Å². The molecule has 0 aromatic heterocycles. The Hall–Kier alpha value is -3.02. The summed E-state index contributed by atoms with van der Waals surface area (Å²) in [6.07, 6.45) is 2.48. The lowest BCUT2D eigenvalue weighted by Crippen LogP contribution is -2.46. The average Bonchev–Trinajstić information content (AvgIpc) is 3.54. The van der Waals surface area contributed by atoms with Gasteiger partial charge in [0.1, 0.15) is 0 Å². The third kappa shape index (κ3) is 4.88. The quantitative estimate of drug-likeness (QED) is 0.669. The second-order valence-corrected chi connectivity index (χ2v) is 7.75. The molecule has 0 radical (unpaired) electrons. The van der Waals surface area contributed by atoms with Gasteiger partial charge < -0.3 is 9.47 Å². The monoisotopic (exact) mass is 396 g/mol. The van der Waals surface area contributed by atoms with Crippen molar-refractivity contribution in [2.75, 3.05) is 13.7 Å². The minimum Gasteiger partial charge on any atom is -0.493 e. The van der Waals surface area contributed by atoms with Gasteiger partial charge >= 0.3 is 0 Å². The highest BCUT2D eigenvalue weighted by Crippen LogP contribution is 2.48. The highest BCUT2D eigenvalue weighted by Gasteiger charge is 2.51. The normalized spacial score (nSPS) is 14.2. The molecule has 0 spiro atoms. The van der Waals surface area contributed by atoms with Crippen molar-refractivity contribution in [3.05, 3.63) is 59.7 Å². The Kier molecular flexibility index (Phi) is 6.42. The summed E-state index contributed by atoms with van der Waals surface area (Å²) in [6, 6.07) is 14.6. The molecule has 29 heavy (non-hydrogen) atoms. The van der Waals surface area contributed by atoms with E-state index in [9.17, 15) is 9.59 Å². The molecule has 1 saturated carbocycles. The molecule has 0 bridgehead atoms. The Morgan fingerprint density at radius 3 is 2.38 bits per heavy atom. The number of benzene rings is 2. The maximum atomic E-state index is 12.6. The van der Waals surface area contributed by atoms with Crippen LogP contribution in [0.3, 0.4) is 0 Å². The van der Waals surface area contributed by atoms with E-state index in [2.05, 4.69) is 24.7 Å². The Balaban J connectivity index is 1.60. The summed E-state index contributed by atoms with van der Waals surface area (Å²) in [6.45, 7) is 4.84. The molecule has 1 aliphatic rings. The molecule has 6 heteroatoms. The van der Waals surface area contributed by atoms with E-state index in [-0.39, 0.29) is 5.91 Å². The molecule has 6 nitrogen and oxygen atoms in total. The topological polar surface area (TPSA) is 76.7 Å². The molecular formula is C23H28N2O4. The SMILES string of the molecule is COc1cc(C(=O)NNC(=O)C2(c3ccccc3)CC2)ccc1OCCC(C)C. The fourth-order valence-corrected chi connectivity index (χ4v) is 3.17. The van der Waals surface area contributed by atoms with Crippen LogP contribution in [0.25, 0.3) is 0 Å². The van der Waals surface area contributed by atoms with Gasteiger partial charge in [-0.25, -0.2) is 0 Å². The van der Waals surface area contributed by atoms with E-state index in [1.54, 1.807) is 18.2 Å². The number of carbonyl (C=O) groups is 2. The van der Waals surface area contributed by atoms with Crippen molar-refractivity contribution in [2.45, 2.75) is 38.5 Å². The van der Waals surface area contributed by atoms with Crippen molar-refractivity contribution in [3.8, 4) is 11.5 Å². The first-order valence-electron chi connectivity index (χ1n) is 9.93. The molecular weight excluding hydrogens is 368 g/mol. The van der Waals surface area contributed by atoms with E-state index < -0.39 is 11.3 Å². The van der Waals surface area contributed by atoms with Gasteiger partial charge in [-0.15, -0.1) is 0 Å². The lowest BCUT2D eigenvalue weighted by molar-refractivity contribution is -0.124. The van der Waals surface area contributed by atoms with E-state index in [1.165, 1.54) is 7.11 Å². The van der Waals surface area contributed by atoms with Gasteiger partial charge in [0.15, 0.2) is 11.5 Å². The Morgan fingerprint density at radius 1 is 1.03 bits per heavy atom. The predicted molar refractivity (Wildman–Crippen MR) is 111 cm³/mol. The molecule has 0 saturated heterocycles. The van der Waals surface area contributed by atoms with Gasteiger partial charge in [-0.3, -0.25) is 20.4 Å². The van der Waals surface area contributed by atoms with Gasteiger partial charge in [0.25, 0.3) is 5.91 Å². The van der Waals surface area contributed by atoms with E-state index in [4.69, 9.17) is 9.47 Å². The second-order valence-electron chi connectivity index (χ2n) is 7.75. The van der Waals surface area contributed by atoms with E-state index in [0.717, 1.165) is 24.8 Å². The fourth-order valence-electron chi connectivity index (χ4n) is 3.17. The van der Waals surface area contributed by atoms with Crippen molar-refractivity contribution in [3.63, 3.8) is 0 Å². The number of carbonyl (C=O) groups excluding carboxylic acids is 2. The van der Waals surface area contributed by atoms with E-state index in [0.29, 0.717) is 29.6 Å². The number of nitrogens with one attached hydrogen (secondary N) is 2. The van der Waals surface area contributed by atoms with Crippen LogP contribution in [-0.2, 0) is 10.2 Å². The van der Waals surface area contributed by atoms with Crippen LogP contribution in [0.1, 0.15) is 49.0 Å².